The molecule has 5 heterocycles. The summed E-state index contributed by atoms with van der Waals surface area (Å²) in [6, 6.07) is 5.90. The maximum absolute atomic E-state index is 14.0. The first kappa shape index (κ1) is 30.5. The van der Waals surface area contributed by atoms with Gasteiger partial charge in [0.05, 0.1) is 5.52 Å². The number of carbonyl (C=O) groups is 3. The molecule has 242 valence electrons. The minimum Gasteiger partial charge on any atom is -0.337 e. The molecule has 1 aromatic carbocycles. The number of rotatable bonds is 6. The molecule has 0 spiro atoms. The summed E-state index contributed by atoms with van der Waals surface area (Å²) < 4.78 is 56.6. The highest BCUT2D eigenvalue weighted by molar-refractivity contribution is 6.09. The number of fused-ring (bicyclic) bond motifs is 3. The second-order valence-electron chi connectivity index (χ2n) is 12.8. The number of hydrogen-bond acceptors (Lipinski definition) is 6. The summed E-state index contributed by atoms with van der Waals surface area (Å²) in [4.78, 5) is 49.7. The Morgan fingerprint density at radius 2 is 1.81 bits per heavy atom. The van der Waals surface area contributed by atoms with E-state index in [-0.39, 0.29) is 35.5 Å². The first-order valence-electron chi connectivity index (χ1n) is 15.0. The van der Waals surface area contributed by atoms with Gasteiger partial charge in [-0.1, -0.05) is 13.0 Å². The maximum Gasteiger partial charge on any atom is 0.433 e. The molecule has 1 saturated carbocycles. The monoisotopic (exact) mass is 647 g/mol. The number of amides is 2. The molecule has 4 aromatic heterocycles. The molecular formula is C33H29F4N7O3. The van der Waals surface area contributed by atoms with Crippen molar-refractivity contribution in [1.29, 1.82) is 0 Å². The van der Waals surface area contributed by atoms with Crippen LogP contribution in [0.2, 0.25) is 0 Å². The molecule has 2 fully saturated rings. The van der Waals surface area contributed by atoms with Crippen LogP contribution in [-0.4, -0.2) is 58.7 Å². The Morgan fingerprint density at radius 1 is 1.04 bits per heavy atom. The van der Waals surface area contributed by atoms with Gasteiger partial charge in [-0.05, 0) is 73.9 Å². The number of aromatic nitrogens is 5. The number of ketones is 1. The van der Waals surface area contributed by atoms with E-state index in [1.807, 2.05) is 26.0 Å². The van der Waals surface area contributed by atoms with Gasteiger partial charge < -0.3 is 14.8 Å². The van der Waals surface area contributed by atoms with Crippen LogP contribution in [0.5, 0.6) is 0 Å². The number of nitrogens with one attached hydrogen (secondary N) is 1. The smallest absolute Gasteiger partial charge is 0.337 e. The molecule has 2 aliphatic rings. The fraction of sp³-hybridized carbons (Fsp3) is 0.333. The van der Waals surface area contributed by atoms with E-state index in [1.165, 1.54) is 28.5 Å². The predicted molar refractivity (Wildman–Crippen MR) is 163 cm³/mol. The summed E-state index contributed by atoms with van der Waals surface area (Å²) >= 11 is 0. The van der Waals surface area contributed by atoms with E-state index in [0.29, 0.717) is 46.1 Å². The van der Waals surface area contributed by atoms with E-state index in [4.69, 9.17) is 0 Å². The standard InChI is InChI=1S/C33H29F4N7O3/c1-16-5-6-24(33(35,36)37)39-30(16)40-31(47)23-10-32(4)11-25(32)44(23)28(46)15-42-14-22(18(3)45)21-8-19(7-17(2)29(21)42)20-12-38-27-9-26(34)41-43(27)13-20/h5-9,12-14,23,25H,10-11,15H2,1-4H3,(H,39,40,47)/t23-,25+,32-/m0/s1. The summed E-state index contributed by atoms with van der Waals surface area (Å²) in [6.45, 7) is 6.64. The molecule has 5 aromatic rings. The van der Waals surface area contributed by atoms with Crippen molar-refractivity contribution in [2.45, 2.75) is 65.3 Å². The lowest BCUT2D eigenvalue weighted by atomic mass is 10.0. The predicted octanol–water partition coefficient (Wildman–Crippen LogP) is 5.74. The van der Waals surface area contributed by atoms with Gasteiger partial charge in [-0.25, -0.2) is 14.5 Å². The van der Waals surface area contributed by atoms with Crippen LogP contribution in [0.4, 0.5) is 23.4 Å². The van der Waals surface area contributed by atoms with Crippen LogP contribution in [0, 0.1) is 25.2 Å². The first-order chi connectivity index (χ1) is 22.1. The van der Waals surface area contributed by atoms with Crippen LogP contribution in [-0.2, 0) is 22.3 Å². The van der Waals surface area contributed by atoms with Crippen molar-refractivity contribution in [3.8, 4) is 11.1 Å². The molecule has 0 radical (unpaired) electrons. The van der Waals surface area contributed by atoms with E-state index in [1.54, 1.807) is 30.1 Å². The largest absolute Gasteiger partial charge is 0.433 e. The first-order valence-corrected chi connectivity index (χ1v) is 15.0. The molecule has 1 aliphatic carbocycles. The van der Waals surface area contributed by atoms with E-state index >= 15 is 0 Å². The number of halogens is 4. The number of nitrogens with zero attached hydrogens (tertiary/aromatic N) is 6. The summed E-state index contributed by atoms with van der Waals surface area (Å²) in [5, 5.41) is 6.94. The van der Waals surface area contributed by atoms with E-state index in [2.05, 4.69) is 20.4 Å². The Hall–Kier alpha value is -5.14. The quantitative estimate of drug-likeness (QED) is 0.186. The van der Waals surface area contributed by atoms with Crippen molar-refractivity contribution in [2.75, 3.05) is 5.32 Å². The number of carbonyl (C=O) groups excluding carboxylic acids is 3. The summed E-state index contributed by atoms with van der Waals surface area (Å²) in [5.41, 5.74) is 2.49. The maximum atomic E-state index is 14.0. The Balaban J connectivity index is 1.19. The average Bonchev–Trinajstić information content (AvgIpc) is 3.26. The number of anilines is 1. The number of pyridine rings is 1. The van der Waals surface area contributed by atoms with Gasteiger partial charge in [0.25, 0.3) is 0 Å². The molecule has 2 amide bonds. The van der Waals surface area contributed by atoms with E-state index in [9.17, 15) is 31.9 Å². The van der Waals surface area contributed by atoms with Gasteiger partial charge in [-0.3, -0.25) is 14.4 Å². The Bertz CT molecular complexity index is 2150. The Morgan fingerprint density at radius 3 is 2.53 bits per heavy atom. The van der Waals surface area contributed by atoms with Crippen LogP contribution in [0.15, 0.2) is 48.9 Å². The lowest BCUT2D eigenvalue weighted by Crippen LogP contribution is -2.46. The van der Waals surface area contributed by atoms with Crippen molar-refractivity contribution in [2.24, 2.45) is 5.41 Å². The second-order valence-corrected chi connectivity index (χ2v) is 12.8. The molecule has 10 nitrogen and oxygen atoms in total. The molecule has 7 rings (SSSR count). The number of aryl methyl sites for hydroxylation is 2. The zero-order valence-electron chi connectivity index (χ0n) is 25.8. The minimum absolute atomic E-state index is 0.165. The van der Waals surface area contributed by atoms with Crippen molar-refractivity contribution in [3.05, 3.63) is 77.3 Å². The number of piperidine rings is 1. The highest BCUT2D eigenvalue weighted by Crippen LogP contribution is 2.59. The van der Waals surface area contributed by atoms with Gasteiger partial charge in [0.2, 0.25) is 17.8 Å². The third-order valence-corrected chi connectivity index (χ3v) is 9.32. The zero-order chi connectivity index (χ0) is 33.6. The third-order valence-electron chi connectivity index (χ3n) is 9.32. The third kappa shape index (κ3) is 5.21. The SMILES string of the molecule is CC(=O)c1cn(CC(=O)N2[C@H](C(=O)Nc3nc(C(F)(F)F)ccc3C)C[C@@]3(C)C[C@@H]23)c2c(C)cc(-c3cnc4cc(F)nn4c3)cc12. The number of alkyl halides is 3. The van der Waals surface area contributed by atoms with Gasteiger partial charge in [0, 0.05) is 47.2 Å². The van der Waals surface area contributed by atoms with Gasteiger partial charge >= 0.3 is 6.18 Å². The van der Waals surface area contributed by atoms with E-state index in [0.717, 1.165) is 17.2 Å². The summed E-state index contributed by atoms with van der Waals surface area (Å²) in [5.74, 6) is -2.03. The van der Waals surface area contributed by atoms with Crippen molar-refractivity contribution < 1.29 is 31.9 Å². The molecule has 0 bridgehead atoms. The van der Waals surface area contributed by atoms with Crippen molar-refractivity contribution in [3.63, 3.8) is 0 Å². The minimum atomic E-state index is -4.68. The average molecular weight is 648 g/mol. The van der Waals surface area contributed by atoms with Crippen LogP contribution in [0.25, 0.3) is 27.7 Å². The number of hydrogen-bond donors (Lipinski definition) is 1. The zero-order valence-corrected chi connectivity index (χ0v) is 25.8. The van der Waals surface area contributed by atoms with Gasteiger partial charge in [0.15, 0.2) is 11.4 Å². The van der Waals surface area contributed by atoms with E-state index < -0.39 is 29.8 Å². The van der Waals surface area contributed by atoms with Crippen molar-refractivity contribution >= 4 is 40.0 Å². The van der Waals surface area contributed by atoms with Crippen molar-refractivity contribution in [1.82, 2.24) is 29.0 Å². The summed E-state index contributed by atoms with van der Waals surface area (Å²) in [6.07, 6.45) is 1.24. The summed E-state index contributed by atoms with van der Waals surface area (Å²) in [7, 11) is 0. The Kier molecular flexibility index (Phi) is 6.78. The Labute approximate surface area is 265 Å². The number of benzene rings is 1. The van der Waals surface area contributed by atoms with Crippen LogP contribution in [0.1, 0.15) is 53.9 Å². The molecule has 3 atom stereocenters. The van der Waals surface area contributed by atoms with Crippen LogP contribution >= 0.6 is 0 Å². The van der Waals surface area contributed by atoms with Gasteiger partial charge in [-0.15, -0.1) is 5.10 Å². The molecular weight excluding hydrogens is 618 g/mol. The lowest BCUT2D eigenvalue weighted by Gasteiger charge is -2.27. The van der Waals surface area contributed by atoms with Gasteiger partial charge in [-0.2, -0.15) is 17.6 Å². The number of Topliss-reactive ketones (excluding diaryl/α,β-unsaturated/α-hetero) is 1. The molecule has 1 aliphatic heterocycles. The highest BCUT2D eigenvalue weighted by Gasteiger charge is 2.64. The van der Waals surface area contributed by atoms with Gasteiger partial charge in [0.1, 0.15) is 24.1 Å². The molecule has 47 heavy (non-hydrogen) atoms. The number of likely N-dealkylation sites (tertiary alicyclic amines) is 1. The van der Waals surface area contributed by atoms with Crippen LogP contribution in [0.3, 0.4) is 0 Å². The topological polar surface area (TPSA) is 114 Å². The highest BCUT2D eigenvalue weighted by atomic mass is 19.4. The fourth-order valence-electron chi connectivity index (χ4n) is 6.83. The lowest BCUT2D eigenvalue weighted by molar-refractivity contribution is -0.141. The fourth-order valence-corrected chi connectivity index (χ4v) is 6.83. The second kappa shape index (κ2) is 10.4. The van der Waals surface area contributed by atoms with Crippen LogP contribution < -0.4 is 5.32 Å². The molecule has 0 unspecified atom stereocenters. The molecule has 1 saturated heterocycles. The molecule has 14 heteroatoms. The molecule has 1 N–H and O–H groups in total. The normalized spacial score (nSPS) is 20.6.